The zero-order chi connectivity index (χ0) is 15.7. The van der Waals surface area contributed by atoms with Gasteiger partial charge in [-0.25, -0.2) is 9.50 Å². The number of fused-ring (bicyclic) bond motifs is 1. The molecule has 6 nitrogen and oxygen atoms in total. The number of likely N-dealkylation sites (tertiary alicyclic amines) is 1. The van der Waals surface area contributed by atoms with E-state index in [-0.39, 0.29) is 5.91 Å². The zero-order valence-corrected chi connectivity index (χ0v) is 14.1. The Kier molecular flexibility index (Phi) is 4.33. The van der Waals surface area contributed by atoms with Crippen LogP contribution in [-0.4, -0.2) is 48.7 Å². The predicted octanol–water partition coefficient (Wildman–Crippen LogP) is 2.23. The molecule has 3 rings (SSSR count). The highest BCUT2D eigenvalue weighted by atomic mass is 32.2. The minimum absolute atomic E-state index is 0.178. The van der Waals surface area contributed by atoms with Crippen molar-refractivity contribution in [2.45, 2.75) is 51.2 Å². The molecule has 2 aromatic heterocycles. The van der Waals surface area contributed by atoms with E-state index in [1.54, 1.807) is 4.52 Å². The van der Waals surface area contributed by atoms with E-state index in [4.69, 9.17) is 0 Å². The Morgan fingerprint density at radius 2 is 2.18 bits per heavy atom. The molecular weight excluding hydrogens is 298 g/mol. The lowest BCUT2D eigenvalue weighted by Gasteiger charge is -2.33. The molecule has 22 heavy (non-hydrogen) atoms. The Morgan fingerprint density at radius 3 is 2.95 bits per heavy atom. The number of amides is 1. The predicted molar refractivity (Wildman–Crippen MR) is 86.0 cm³/mol. The van der Waals surface area contributed by atoms with Crippen molar-refractivity contribution < 1.29 is 4.79 Å². The number of aryl methyl sites for hydroxylation is 2. The smallest absolute Gasteiger partial charge is 0.253 e. The molecule has 1 amide bonds. The minimum atomic E-state index is 0.178. The summed E-state index contributed by atoms with van der Waals surface area (Å²) < 4.78 is 1.73. The summed E-state index contributed by atoms with van der Waals surface area (Å²) in [6, 6.07) is 2.32. The second-order valence-electron chi connectivity index (χ2n) is 5.87. The average molecular weight is 319 g/mol. The summed E-state index contributed by atoms with van der Waals surface area (Å²) in [7, 11) is 0. The van der Waals surface area contributed by atoms with Crippen LogP contribution in [-0.2, 0) is 4.79 Å². The summed E-state index contributed by atoms with van der Waals surface area (Å²) in [5.41, 5.74) is 1.92. The zero-order valence-electron chi connectivity index (χ0n) is 13.2. The molecule has 0 saturated carbocycles. The molecule has 118 valence electrons. The molecule has 0 unspecified atom stereocenters. The van der Waals surface area contributed by atoms with Crippen molar-refractivity contribution in [3.05, 3.63) is 17.5 Å². The molecule has 7 heteroatoms. The van der Waals surface area contributed by atoms with Gasteiger partial charge in [0, 0.05) is 24.0 Å². The molecule has 0 spiro atoms. The fourth-order valence-corrected chi connectivity index (χ4v) is 3.59. The molecule has 1 fully saturated rings. The lowest BCUT2D eigenvalue weighted by atomic mass is 10.0. The van der Waals surface area contributed by atoms with Crippen molar-refractivity contribution in [3.8, 4) is 0 Å². The Morgan fingerprint density at radius 1 is 1.36 bits per heavy atom. The third-order valence-corrected chi connectivity index (χ3v) is 4.87. The Balaban J connectivity index is 1.68. The van der Waals surface area contributed by atoms with Crippen LogP contribution in [0.4, 0.5) is 0 Å². The van der Waals surface area contributed by atoms with Crippen molar-refractivity contribution >= 4 is 23.4 Å². The van der Waals surface area contributed by atoms with Crippen LogP contribution in [0.5, 0.6) is 0 Å². The quantitative estimate of drug-likeness (QED) is 0.812. The molecular formula is C15H21N5OS. The fourth-order valence-electron chi connectivity index (χ4n) is 2.89. The van der Waals surface area contributed by atoms with Crippen LogP contribution in [0, 0.1) is 13.8 Å². The summed E-state index contributed by atoms with van der Waals surface area (Å²) in [5, 5.41) is 5.04. The first-order chi connectivity index (χ1) is 10.5. The van der Waals surface area contributed by atoms with Crippen LogP contribution < -0.4 is 0 Å². The van der Waals surface area contributed by atoms with Crippen molar-refractivity contribution in [1.29, 1.82) is 0 Å². The maximum atomic E-state index is 12.3. The largest absolute Gasteiger partial charge is 0.339 e. The van der Waals surface area contributed by atoms with Crippen molar-refractivity contribution in [2.75, 3.05) is 12.3 Å². The minimum Gasteiger partial charge on any atom is -0.339 e. The van der Waals surface area contributed by atoms with E-state index in [1.165, 1.54) is 18.2 Å². The molecule has 1 aliphatic rings. The number of nitrogens with zero attached hydrogens (tertiary/aromatic N) is 5. The van der Waals surface area contributed by atoms with Gasteiger partial charge in [-0.15, -0.1) is 5.10 Å². The van der Waals surface area contributed by atoms with Gasteiger partial charge in [0.1, 0.15) is 0 Å². The maximum Gasteiger partial charge on any atom is 0.253 e. The second-order valence-corrected chi connectivity index (χ2v) is 6.81. The van der Waals surface area contributed by atoms with Crippen LogP contribution in [0.25, 0.3) is 5.78 Å². The second kappa shape index (κ2) is 6.24. The van der Waals surface area contributed by atoms with Crippen LogP contribution in [0.15, 0.2) is 11.2 Å². The van der Waals surface area contributed by atoms with Gasteiger partial charge in [0.05, 0.1) is 5.75 Å². The number of rotatable bonds is 3. The number of carbonyl (C=O) groups is 1. The van der Waals surface area contributed by atoms with Crippen LogP contribution in [0.2, 0.25) is 0 Å². The standard InChI is InChI=1S/C15H21N5OS/c1-10-8-12(3)20-14(16-10)17-15(18-20)22-9-13(21)19-7-5-4-6-11(19)2/h8,11H,4-7,9H2,1-3H3/t11-/m1/s1. The van der Waals surface area contributed by atoms with Gasteiger partial charge in [0.25, 0.3) is 5.78 Å². The topological polar surface area (TPSA) is 63.4 Å². The average Bonchev–Trinajstić information content (AvgIpc) is 2.88. The molecule has 2 aromatic rings. The van der Waals surface area contributed by atoms with Crippen LogP contribution in [0.3, 0.4) is 0 Å². The van der Waals surface area contributed by atoms with Gasteiger partial charge in [0.15, 0.2) is 0 Å². The van der Waals surface area contributed by atoms with Gasteiger partial charge in [-0.05, 0) is 46.1 Å². The van der Waals surface area contributed by atoms with E-state index in [1.807, 2.05) is 24.8 Å². The van der Waals surface area contributed by atoms with Gasteiger partial charge in [-0.3, -0.25) is 4.79 Å². The van der Waals surface area contributed by atoms with Crippen molar-refractivity contribution in [2.24, 2.45) is 0 Å². The van der Waals surface area contributed by atoms with E-state index in [0.29, 0.717) is 22.7 Å². The lowest BCUT2D eigenvalue weighted by molar-refractivity contribution is -0.131. The highest BCUT2D eigenvalue weighted by molar-refractivity contribution is 7.99. The van der Waals surface area contributed by atoms with Gasteiger partial charge >= 0.3 is 0 Å². The highest BCUT2D eigenvalue weighted by Crippen LogP contribution is 2.20. The lowest BCUT2D eigenvalue weighted by Crippen LogP contribution is -2.42. The van der Waals surface area contributed by atoms with Gasteiger partial charge < -0.3 is 4.90 Å². The summed E-state index contributed by atoms with van der Waals surface area (Å²) in [5.74, 6) is 1.16. The third-order valence-electron chi connectivity index (χ3n) is 4.05. The maximum absolute atomic E-state index is 12.3. The molecule has 1 aliphatic heterocycles. The number of hydrogen-bond donors (Lipinski definition) is 0. The first-order valence-electron chi connectivity index (χ1n) is 7.68. The molecule has 0 aromatic carbocycles. The van der Waals surface area contributed by atoms with Gasteiger partial charge in [0.2, 0.25) is 11.1 Å². The van der Waals surface area contributed by atoms with E-state index < -0.39 is 0 Å². The Hall–Kier alpha value is -1.63. The molecule has 0 radical (unpaired) electrons. The number of carbonyl (C=O) groups excluding carboxylic acids is 1. The van der Waals surface area contributed by atoms with E-state index in [2.05, 4.69) is 22.0 Å². The first kappa shape index (κ1) is 15.3. The van der Waals surface area contributed by atoms with E-state index in [0.717, 1.165) is 30.8 Å². The first-order valence-corrected chi connectivity index (χ1v) is 8.66. The molecule has 0 aliphatic carbocycles. The Bertz CT molecular complexity index is 699. The molecule has 0 N–H and O–H groups in total. The van der Waals surface area contributed by atoms with Crippen molar-refractivity contribution in [1.82, 2.24) is 24.5 Å². The molecule has 1 atom stereocenters. The highest BCUT2D eigenvalue weighted by Gasteiger charge is 2.23. The van der Waals surface area contributed by atoms with Gasteiger partial charge in [-0.2, -0.15) is 4.98 Å². The molecule has 3 heterocycles. The van der Waals surface area contributed by atoms with Gasteiger partial charge in [-0.1, -0.05) is 11.8 Å². The number of hydrogen-bond acceptors (Lipinski definition) is 5. The summed E-state index contributed by atoms with van der Waals surface area (Å²) in [4.78, 5) is 23.1. The van der Waals surface area contributed by atoms with Crippen LogP contribution >= 0.6 is 11.8 Å². The SMILES string of the molecule is Cc1cc(C)n2nc(SCC(=O)N3CCCC[C@H]3C)nc2n1. The van der Waals surface area contributed by atoms with Crippen molar-refractivity contribution in [3.63, 3.8) is 0 Å². The summed E-state index contributed by atoms with van der Waals surface area (Å²) >= 11 is 1.39. The Labute approximate surface area is 134 Å². The summed E-state index contributed by atoms with van der Waals surface area (Å²) in [6.07, 6.45) is 3.43. The number of aromatic nitrogens is 4. The number of thioether (sulfide) groups is 1. The molecule has 1 saturated heterocycles. The van der Waals surface area contributed by atoms with E-state index >= 15 is 0 Å². The fraction of sp³-hybridized carbons (Fsp3) is 0.600. The van der Waals surface area contributed by atoms with Crippen LogP contribution in [0.1, 0.15) is 37.6 Å². The number of piperidine rings is 1. The monoisotopic (exact) mass is 319 g/mol. The normalized spacial score (nSPS) is 18.9. The van der Waals surface area contributed by atoms with E-state index in [9.17, 15) is 4.79 Å². The summed E-state index contributed by atoms with van der Waals surface area (Å²) in [6.45, 7) is 6.92. The molecule has 0 bridgehead atoms. The third kappa shape index (κ3) is 3.09.